The van der Waals surface area contributed by atoms with Crippen LogP contribution in [0.5, 0.6) is 0 Å². The summed E-state index contributed by atoms with van der Waals surface area (Å²) < 4.78 is 0. The molecule has 0 aliphatic rings. The second-order valence-electron chi connectivity index (χ2n) is 8.66. The second-order valence-corrected chi connectivity index (χ2v) is 8.66. The summed E-state index contributed by atoms with van der Waals surface area (Å²) in [4.78, 5) is 3.30. The highest BCUT2D eigenvalue weighted by Crippen LogP contribution is 2.15. The normalized spacial score (nSPS) is 11.3. The summed E-state index contributed by atoms with van der Waals surface area (Å²) in [6.07, 6.45) is 32.4. The number of rotatable bonds is 21. The van der Waals surface area contributed by atoms with E-state index < -0.39 is 0 Å². The zero-order chi connectivity index (χ0) is 19.3. The smallest absolute Gasteiger partial charge is 0.0147 e. The zero-order valence-electron chi connectivity index (χ0n) is 18.6. The SMILES string of the molecule is CCCCCCCCCCCCCCCCCCCCCCc1ccc[nH]1. The van der Waals surface area contributed by atoms with Crippen molar-refractivity contribution in [3.63, 3.8) is 0 Å². The molecule has 158 valence electrons. The average molecular weight is 376 g/mol. The van der Waals surface area contributed by atoms with Crippen LogP contribution < -0.4 is 0 Å². The zero-order valence-corrected chi connectivity index (χ0v) is 18.6. The summed E-state index contributed by atoms with van der Waals surface area (Å²) in [7, 11) is 0. The first-order chi connectivity index (χ1) is 13.4. The third-order valence-electron chi connectivity index (χ3n) is 5.96. The van der Waals surface area contributed by atoms with Crippen molar-refractivity contribution >= 4 is 0 Å². The molecule has 1 nitrogen and oxygen atoms in total. The molecule has 1 heteroatoms. The molecule has 1 rings (SSSR count). The molecule has 0 radical (unpaired) electrons. The highest BCUT2D eigenvalue weighted by atomic mass is 14.7. The van der Waals surface area contributed by atoms with E-state index in [1.165, 1.54) is 141 Å². The van der Waals surface area contributed by atoms with E-state index in [0.29, 0.717) is 0 Å². The van der Waals surface area contributed by atoms with Crippen molar-refractivity contribution in [3.8, 4) is 0 Å². The highest BCUT2D eigenvalue weighted by Gasteiger charge is 1.96. The average Bonchev–Trinajstić information content (AvgIpc) is 3.20. The van der Waals surface area contributed by atoms with Gasteiger partial charge in [-0.1, -0.05) is 129 Å². The number of unbranched alkanes of at least 4 members (excludes halogenated alkanes) is 19. The Morgan fingerprint density at radius 1 is 0.519 bits per heavy atom. The van der Waals surface area contributed by atoms with E-state index in [-0.39, 0.29) is 0 Å². The summed E-state index contributed by atoms with van der Waals surface area (Å²) in [5.74, 6) is 0. The Morgan fingerprint density at radius 2 is 0.889 bits per heavy atom. The summed E-state index contributed by atoms with van der Waals surface area (Å²) in [5, 5.41) is 0. The number of aromatic nitrogens is 1. The molecular weight excluding hydrogens is 326 g/mol. The lowest BCUT2D eigenvalue weighted by Crippen LogP contribution is -1.86. The molecule has 0 atom stereocenters. The van der Waals surface area contributed by atoms with Crippen LogP contribution >= 0.6 is 0 Å². The van der Waals surface area contributed by atoms with Gasteiger partial charge in [-0.3, -0.25) is 0 Å². The van der Waals surface area contributed by atoms with Gasteiger partial charge in [0.25, 0.3) is 0 Å². The molecule has 0 saturated heterocycles. The Hall–Kier alpha value is -0.720. The van der Waals surface area contributed by atoms with Crippen molar-refractivity contribution in [1.29, 1.82) is 0 Å². The van der Waals surface area contributed by atoms with Crippen LogP contribution in [0.15, 0.2) is 18.3 Å². The molecular formula is C26H49N. The summed E-state index contributed by atoms with van der Waals surface area (Å²) in [6, 6.07) is 4.31. The maximum Gasteiger partial charge on any atom is 0.0147 e. The number of H-pyrrole nitrogens is 1. The molecule has 0 aliphatic carbocycles. The van der Waals surface area contributed by atoms with E-state index >= 15 is 0 Å². The van der Waals surface area contributed by atoms with Crippen LogP contribution in [0.4, 0.5) is 0 Å². The third kappa shape index (κ3) is 17.1. The Kier molecular flexibility index (Phi) is 18.0. The maximum atomic E-state index is 3.30. The maximum absolute atomic E-state index is 3.30. The largest absolute Gasteiger partial charge is 0.365 e. The number of hydrogen-bond donors (Lipinski definition) is 1. The lowest BCUT2D eigenvalue weighted by atomic mass is 10.0. The first-order valence-electron chi connectivity index (χ1n) is 12.6. The quantitative estimate of drug-likeness (QED) is 0.206. The van der Waals surface area contributed by atoms with Crippen molar-refractivity contribution in [1.82, 2.24) is 4.98 Å². The van der Waals surface area contributed by atoms with Gasteiger partial charge in [0.15, 0.2) is 0 Å². The van der Waals surface area contributed by atoms with Crippen LogP contribution in [0.1, 0.15) is 141 Å². The van der Waals surface area contributed by atoms with Crippen molar-refractivity contribution in [2.45, 2.75) is 142 Å². The van der Waals surface area contributed by atoms with Crippen LogP contribution in [-0.2, 0) is 6.42 Å². The first-order valence-corrected chi connectivity index (χ1v) is 12.6. The molecule has 0 spiro atoms. The predicted octanol–water partition coefficient (Wildman–Crippen LogP) is 9.38. The van der Waals surface area contributed by atoms with Gasteiger partial charge >= 0.3 is 0 Å². The van der Waals surface area contributed by atoms with Gasteiger partial charge in [0.05, 0.1) is 0 Å². The Morgan fingerprint density at radius 3 is 1.22 bits per heavy atom. The van der Waals surface area contributed by atoms with Crippen molar-refractivity contribution < 1.29 is 0 Å². The van der Waals surface area contributed by atoms with Gasteiger partial charge < -0.3 is 4.98 Å². The number of aromatic amines is 1. The highest BCUT2D eigenvalue weighted by molar-refractivity contribution is 5.03. The number of nitrogens with one attached hydrogen (secondary N) is 1. The van der Waals surface area contributed by atoms with E-state index in [9.17, 15) is 0 Å². The van der Waals surface area contributed by atoms with Crippen LogP contribution in [0.3, 0.4) is 0 Å². The van der Waals surface area contributed by atoms with Crippen molar-refractivity contribution in [2.24, 2.45) is 0 Å². The van der Waals surface area contributed by atoms with Gasteiger partial charge in [-0.05, 0) is 25.0 Å². The van der Waals surface area contributed by atoms with E-state index in [1.54, 1.807) is 0 Å². The molecule has 1 aromatic heterocycles. The van der Waals surface area contributed by atoms with Crippen molar-refractivity contribution in [2.75, 3.05) is 0 Å². The molecule has 0 unspecified atom stereocenters. The van der Waals surface area contributed by atoms with Crippen LogP contribution in [-0.4, -0.2) is 4.98 Å². The van der Waals surface area contributed by atoms with Crippen LogP contribution in [0, 0.1) is 0 Å². The van der Waals surface area contributed by atoms with E-state index in [2.05, 4.69) is 24.0 Å². The lowest BCUT2D eigenvalue weighted by Gasteiger charge is -2.04. The second kappa shape index (κ2) is 20.0. The summed E-state index contributed by atoms with van der Waals surface area (Å²) >= 11 is 0. The minimum atomic E-state index is 1.23. The van der Waals surface area contributed by atoms with Gasteiger partial charge in [0, 0.05) is 11.9 Å². The molecule has 0 fully saturated rings. The van der Waals surface area contributed by atoms with Crippen LogP contribution in [0.2, 0.25) is 0 Å². The number of hydrogen-bond acceptors (Lipinski definition) is 0. The van der Waals surface area contributed by atoms with Crippen molar-refractivity contribution in [3.05, 3.63) is 24.0 Å². The van der Waals surface area contributed by atoms with Gasteiger partial charge in [0.1, 0.15) is 0 Å². The third-order valence-corrected chi connectivity index (χ3v) is 5.96. The molecule has 0 aliphatic heterocycles. The van der Waals surface area contributed by atoms with Gasteiger partial charge in [-0.2, -0.15) is 0 Å². The fourth-order valence-electron chi connectivity index (χ4n) is 4.09. The molecule has 1 N–H and O–H groups in total. The first kappa shape index (κ1) is 24.3. The minimum Gasteiger partial charge on any atom is -0.365 e. The fourth-order valence-corrected chi connectivity index (χ4v) is 4.09. The van der Waals surface area contributed by atoms with E-state index in [1.807, 2.05) is 6.20 Å². The number of aryl methyl sites for hydroxylation is 1. The topological polar surface area (TPSA) is 15.8 Å². The Balaban J connectivity index is 1.64. The lowest BCUT2D eigenvalue weighted by molar-refractivity contribution is 0.521. The Bertz CT molecular complexity index is 368. The molecule has 0 bridgehead atoms. The standard InChI is InChI=1S/C26H49N/c1-2-3-4-5-6-7-8-9-10-11-12-13-14-15-16-17-18-19-20-21-23-26-24-22-25-27-26/h22,24-25,27H,2-21,23H2,1H3. The molecule has 1 aromatic rings. The monoisotopic (exact) mass is 375 g/mol. The van der Waals surface area contributed by atoms with Gasteiger partial charge in [-0.25, -0.2) is 0 Å². The fraction of sp³-hybridized carbons (Fsp3) is 0.846. The van der Waals surface area contributed by atoms with Gasteiger partial charge in [0.2, 0.25) is 0 Å². The minimum absolute atomic E-state index is 1.23. The molecule has 0 saturated carbocycles. The summed E-state index contributed by atoms with van der Waals surface area (Å²) in [5.41, 5.74) is 1.40. The Labute approximate surface area is 171 Å². The van der Waals surface area contributed by atoms with Gasteiger partial charge in [-0.15, -0.1) is 0 Å². The van der Waals surface area contributed by atoms with Crippen LogP contribution in [0.25, 0.3) is 0 Å². The molecule has 0 aromatic carbocycles. The molecule has 27 heavy (non-hydrogen) atoms. The summed E-state index contributed by atoms with van der Waals surface area (Å²) in [6.45, 7) is 2.30. The predicted molar refractivity (Wildman–Crippen MR) is 123 cm³/mol. The van der Waals surface area contributed by atoms with E-state index in [4.69, 9.17) is 0 Å². The molecule has 1 heterocycles. The molecule has 0 amide bonds. The van der Waals surface area contributed by atoms with E-state index in [0.717, 1.165) is 0 Å².